The summed E-state index contributed by atoms with van der Waals surface area (Å²) in [5.74, 6) is 0. The van der Waals surface area contributed by atoms with Crippen molar-refractivity contribution >= 4 is 38.5 Å². The minimum atomic E-state index is -4.30. The van der Waals surface area contributed by atoms with Crippen molar-refractivity contribution in [2.24, 2.45) is 0 Å². The Kier molecular flexibility index (Phi) is 3.56. The van der Waals surface area contributed by atoms with E-state index in [2.05, 4.69) is 20.9 Å². The minimum Gasteiger partial charge on any atom is -0.259 e. The van der Waals surface area contributed by atoms with Crippen LogP contribution >= 0.6 is 38.5 Å². The van der Waals surface area contributed by atoms with Crippen LogP contribution in [0.3, 0.4) is 0 Å². The first-order valence-electron chi connectivity index (χ1n) is 3.22. The fourth-order valence-electron chi connectivity index (χ4n) is 0.772. The molecule has 0 bridgehead atoms. The van der Waals surface area contributed by atoms with Crippen molar-refractivity contribution in [2.45, 2.75) is 11.5 Å². The van der Waals surface area contributed by atoms with E-state index in [1.807, 2.05) is 0 Å². The van der Waals surface area contributed by atoms with Crippen molar-refractivity contribution in [1.82, 2.24) is 4.98 Å². The molecule has 0 aliphatic rings. The smallest absolute Gasteiger partial charge is 0.259 e. The lowest BCUT2D eigenvalue weighted by Crippen LogP contribution is -2.08. The van der Waals surface area contributed by atoms with Crippen molar-refractivity contribution in [1.29, 1.82) is 0 Å². The van der Waals surface area contributed by atoms with Gasteiger partial charge in [0.1, 0.15) is 0 Å². The maximum atomic E-state index is 12.3. The lowest BCUT2D eigenvalue weighted by Gasteiger charge is -2.09. The highest BCUT2D eigenvalue weighted by atomic mass is 127. The number of hydrogen-bond donors (Lipinski definition) is 0. The molecule has 0 spiro atoms. The Balaban J connectivity index is 3.19. The fourth-order valence-corrected chi connectivity index (χ4v) is 1.68. The topological polar surface area (TPSA) is 12.9 Å². The number of halogens is 5. The lowest BCUT2D eigenvalue weighted by atomic mass is 10.2. The average molecular weight is 366 g/mol. The van der Waals surface area contributed by atoms with Crippen molar-refractivity contribution < 1.29 is 13.2 Å². The highest BCUT2D eigenvalue weighted by molar-refractivity contribution is 14.1. The predicted octanol–water partition coefficient (Wildman–Crippen LogP) is 3.60. The number of aromatic nitrogens is 1. The van der Waals surface area contributed by atoms with Gasteiger partial charge in [0.2, 0.25) is 0 Å². The zero-order valence-corrected chi connectivity index (χ0v) is 9.94. The first-order chi connectivity index (χ1) is 5.95. The molecule has 1 aromatic rings. The van der Waals surface area contributed by atoms with Gasteiger partial charge in [-0.3, -0.25) is 4.98 Å². The zero-order valence-electron chi connectivity index (χ0n) is 6.20. The van der Waals surface area contributed by atoms with Crippen LogP contribution < -0.4 is 0 Å². The maximum absolute atomic E-state index is 12.3. The van der Waals surface area contributed by atoms with E-state index in [0.29, 0.717) is 11.0 Å². The molecule has 72 valence electrons. The monoisotopic (exact) mass is 365 g/mol. The number of hydrogen-bond acceptors (Lipinski definition) is 1. The van der Waals surface area contributed by atoms with Gasteiger partial charge in [0.15, 0.2) is 0 Å². The van der Waals surface area contributed by atoms with Crippen LogP contribution in [0.1, 0.15) is 11.3 Å². The Morgan fingerprint density at radius 1 is 1.46 bits per heavy atom. The molecule has 0 unspecified atom stereocenters. The van der Waals surface area contributed by atoms with Crippen LogP contribution in [0.25, 0.3) is 0 Å². The Hall–Kier alpha value is 0.150. The van der Waals surface area contributed by atoms with Crippen LogP contribution in [-0.4, -0.2) is 4.98 Å². The van der Waals surface area contributed by atoms with E-state index in [1.54, 1.807) is 22.6 Å². The number of rotatable bonds is 1. The quantitative estimate of drug-likeness (QED) is 0.547. The van der Waals surface area contributed by atoms with Gasteiger partial charge in [-0.05, 0) is 28.7 Å². The standard InChI is InChI=1S/C7H4BrF3IN/c8-2-4-1-5(7(9,10)11)6(12)3-13-4/h1,3H,2H2. The summed E-state index contributed by atoms with van der Waals surface area (Å²) in [6.07, 6.45) is -3.07. The summed E-state index contributed by atoms with van der Waals surface area (Å²) in [5.41, 5.74) is -0.245. The normalized spacial score (nSPS) is 11.8. The van der Waals surface area contributed by atoms with Gasteiger partial charge in [-0.15, -0.1) is 0 Å². The van der Waals surface area contributed by atoms with Gasteiger partial charge in [-0.25, -0.2) is 0 Å². The SMILES string of the molecule is FC(F)(F)c1cc(CBr)ncc1I. The molecule has 0 amide bonds. The van der Waals surface area contributed by atoms with Crippen LogP contribution in [0.2, 0.25) is 0 Å². The van der Waals surface area contributed by atoms with Gasteiger partial charge in [0.25, 0.3) is 0 Å². The molecule has 1 nitrogen and oxygen atoms in total. The molecule has 6 heteroatoms. The molecular weight excluding hydrogens is 362 g/mol. The first kappa shape index (κ1) is 11.2. The van der Waals surface area contributed by atoms with Gasteiger partial charge in [0.05, 0.1) is 11.3 Å². The Morgan fingerprint density at radius 2 is 2.08 bits per heavy atom. The van der Waals surface area contributed by atoms with E-state index in [1.165, 1.54) is 6.20 Å². The van der Waals surface area contributed by atoms with E-state index >= 15 is 0 Å². The van der Waals surface area contributed by atoms with Crippen molar-refractivity contribution in [3.63, 3.8) is 0 Å². The number of pyridine rings is 1. The molecule has 0 fully saturated rings. The molecule has 0 aromatic carbocycles. The summed E-state index contributed by atoms with van der Waals surface area (Å²) < 4.78 is 37.1. The molecule has 1 aromatic heterocycles. The Bertz CT molecular complexity index is 313. The number of nitrogens with zero attached hydrogens (tertiary/aromatic N) is 1. The summed E-state index contributed by atoms with van der Waals surface area (Å²) >= 11 is 4.67. The molecule has 13 heavy (non-hydrogen) atoms. The predicted molar refractivity (Wildman–Crippen MR) is 54.6 cm³/mol. The van der Waals surface area contributed by atoms with Gasteiger partial charge in [0, 0.05) is 15.1 Å². The molecule has 0 saturated carbocycles. The summed E-state index contributed by atoms with van der Waals surface area (Å²) in [4.78, 5) is 3.82. The molecule has 1 heterocycles. The lowest BCUT2D eigenvalue weighted by molar-refractivity contribution is -0.138. The second-order valence-corrected chi connectivity index (χ2v) is 4.01. The highest BCUT2D eigenvalue weighted by Gasteiger charge is 2.33. The van der Waals surface area contributed by atoms with Crippen LogP contribution in [0.4, 0.5) is 13.2 Å². The van der Waals surface area contributed by atoms with Gasteiger partial charge in [-0.2, -0.15) is 13.2 Å². The summed E-state index contributed by atoms with van der Waals surface area (Å²) in [7, 11) is 0. The van der Waals surface area contributed by atoms with E-state index < -0.39 is 11.7 Å². The van der Waals surface area contributed by atoms with Crippen molar-refractivity contribution in [2.75, 3.05) is 0 Å². The molecule has 0 atom stereocenters. The van der Waals surface area contributed by atoms with E-state index in [9.17, 15) is 13.2 Å². The third-order valence-electron chi connectivity index (χ3n) is 1.35. The zero-order chi connectivity index (χ0) is 10.1. The second-order valence-electron chi connectivity index (χ2n) is 2.29. The second kappa shape index (κ2) is 4.12. The van der Waals surface area contributed by atoms with Crippen molar-refractivity contribution in [3.05, 3.63) is 27.1 Å². The van der Waals surface area contributed by atoms with E-state index in [4.69, 9.17) is 0 Å². The minimum absolute atomic E-state index is 0.120. The molecule has 1 rings (SSSR count). The number of alkyl halides is 4. The van der Waals surface area contributed by atoms with Gasteiger partial charge in [-0.1, -0.05) is 15.9 Å². The molecule has 0 radical (unpaired) electrons. The maximum Gasteiger partial charge on any atom is 0.417 e. The first-order valence-corrected chi connectivity index (χ1v) is 5.42. The average Bonchev–Trinajstić information content (AvgIpc) is 2.03. The van der Waals surface area contributed by atoms with Gasteiger partial charge >= 0.3 is 6.18 Å². The van der Waals surface area contributed by atoms with Crippen LogP contribution in [0.5, 0.6) is 0 Å². The van der Waals surface area contributed by atoms with Crippen LogP contribution in [-0.2, 0) is 11.5 Å². The van der Waals surface area contributed by atoms with Crippen molar-refractivity contribution in [3.8, 4) is 0 Å². The molecular formula is C7H4BrF3IN. The summed E-state index contributed by atoms with van der Waals surface area (Å²) in [6.45, 7) is 0. The third kappa shape index (κ3) is 2.80. The Labute approximate surface area is 95.0 Å². The summed E-state index contributed by atoms with van der Waals surface area (Å²) in [5, 5.41) is 0.326. The molecule has 0 aliphatic carbocycles. The Morgan fingerprint density at radius 3 is 2.54 bits per heavy atom. The molecule has 0 saturated heterocycles. The largest absolute Gasteiger partial charge is 0.417 e. The van der Waals surface area contributed by atoms with Crippen LogP contribution in [0, 0.1) is 3.57 Å². The fraction of sp³-hybridized carbons (Fsp3) is 0.286. The third-order valence-corrected chi connectivity index (χ3v) is 2.79. The highest BCUT2D eigenvalue weighted by Crippen LogP contribution is 2.32. The van der Waals surface area contributed by atoms with E-state index in [0.717, 1.165) is 6.07 Å². The molecule has 0 aliphatic heterocycles. The molecule has 0 N–H and O–H groups in total. The van der Waals surface area contributed by atoms with E-state index in [-0.39, 0.29) is 3.57 Å². The summed E-state index contributed by atoms with van der Waals surface area (Å²) in [6, 6.07) is 1.05. The van der Waals surface area contributed by atoms with Crippen LogP contribution in [0.15, 0.2) is 12.3 Å². The van der Waals surface area contributed by atoms with Gasteiger partial charge < -0.3 is 0 Å².